The van der Waals surface area contributed by atoms with Gasteiger partial charge in [-0.2, -0.15) is 0 Å². The van der Waals surface area contributed by atoms with E-state index in [1.54, 1.807) is 18.2 Å². The number of amides is 1. The lowest BCUT2D eigenvalue weighted by Gasteiger charge is -2.36. The number of carbonyl (C=O) groups excluding carboxylic acids is 1. The molecule has 1 amide bonds. The predicted molar refractivity (Wildman–Crippen MR) is 126 cm³/mol. The van der Waals surface area contributed by atoms with Crippen molar-refractivity contribution < 1.29 is 9.53 Å². The average Bonchev–Trinajstić information content (AvgIpc) is 2.81. The van der Waals surface area contributed by atoms with Crippen LogP contribution in [0, 0.1) is 0 Å². The van der Waals surface area contributed by atoms with Gasteiger partial charge in [-0.15, -0.1) is 0 Å². The van der Waals surface area contributed by atoms with Gasteiger partial charge in [-0.25, -0.2) is 0 Å². The predicted octanol–water partition coefficient (Wildman–Crippen LogP) is 4.92. The Hall–Kier alpha value is -3.02. The van der Waals surface area contributed by atoms with Gasteiger partial charge in [0.25, 0.3) is 5.91 Å². The van der Waals surface area contributed by atoms with E-state index in [9.17, 15) is 4.79 Å². The van der Waals surface area contributed by atoms with Crippen LogP contribution in [0.25, 0.3) is 0 Å². The van der Waals surface area contributed by atoms with Crippen molar-refractivity contribution in [3.8, 4) is 5.75 Å². The quantitative estimate of drug-likeness (QED) is 0.596. The van der Waals surface area contributed by atoms with Crippen LogP contribution in [-0.4, -0.2) is 44.1 Å². The number of nitrogens with one attached hydrogen (secondary N) is 1. The van der Waals surface area contributed by atoms with Gasteiger partial charge in [0, 0.05) is 49.1 Å². The van der Waals surface area contributed by atoms with Crippen molar-refractivity contribution in [1.82, 2.24) is 4.90 Å². The second-order valence-corrected chi connectivity index (χ2v) is 8.03. The van der Waals surface area contributed by atoms with Crippen LogP contribution in [0.15, 0.2) is 72.8 Å². The highest BCUT2D eigenvalue weighted by molar-refractivity contribution is 6.31. The molecule has 0 spiro atoms. The fraction of sp³-hybridized carbons (Fsp3) is 0.240. The Morgan fingerprint density at radius 2 is 1.68 bits per heavy atom. The summed E-state index contributed by atoms with van der Waals surface area (Å²) < 4.78 is 5.27. The minimum absolute atomic E-state index is 0.248. The van der Waals surface area contributed by atoms with Gasteiger partial charge in [0.2, 0.25) is 0 Å². The number of piperazine rings is 1. The summed E-state index contributed by atoms with van der Waals surface area (Å²) in [5.74, 6) is 0.244. The number of hydrogen-bond acceptors (Lipinski definition) is 4. The van der Waals surface area contributed by atoms with E-state index in [0.717, 1.165) is 44.1 Å². The molecular weight excluding hydrogens is 410 g/mol. The summed E-state index contributed by atoms with van der Waals surface area (Å²) in [5, 5.41) is 3.41. The second-order valence-electron chi connectivity index (χ2n) is 7.59. The van der Waals surface area contributed by atoms with Gasteiger partial charge in [0.15, 0.2) is 0 Å². The normalized spacial score (nSPS) is 14.3. The first kappa shape index (κ1) is 21.2. The first-order chi connectivity index (χ1) is 15.1. The Kier molecular flexibility index (Phi) is 6.75. The zero-order chi connectivity index (χ0) is 21.6. The first-order valence-electron chi connectivity index (χ1n) is 10.4. The van der Waals surface area contributed by atoms with Crippen LogP contribution in [-0.2, 0) is 6.54 Å². The Morgan fingerprint density at radius 3 is 2.35 bits per heavy atom. The largest absolute Gasteiger partial charge is 0.496 e. The number of anilines is 2. The van der Waals surface area contributed by atoms with E-state index in [2.05, 4.69) is 57.6 Å². The van der Waals surface area contributed by atoms with Crippen LogP contribution < -0.4 is 15.0 Å². The van der Waals surface area contributed by atoms with E-state index in [1.165, 1.54) is 12.7 Å². The number of benzene rings is 3. The summed E-state index contributed by atoms with van der Waals surface area (Å²) in [7, 11) is 1.54. The third kappa shape index (κ3) is 5.37. The van der Waals surface area contributed by atoms with Crippen LogP contribution >= 0.6 is 11.6 Å². The van der Waals surface area contributed by atoms with Crippen LogP contribution in [0.5, 0.6) is 5.75 Å². The number of methoxy groups -OCH3 is 1. The number of halogens is 1. The van der Waals surface area contributed by atoms with Gasteiger partial charge < -0.3 is 15.0 Å². The molecule has 1 fully saturated rings. The number of nitrogens with zero attached hydrogens (tertiary/aromatic N) is 2. The SMILES string of the molecule is COc1ccc(Cl)cc1C(=O)Nc1ccc(N2CCN(Cc3ccccc3)CC2)cc1. The first-order valence-corrected chi connectivity index (χ1v) is 10.8. The molecule has 1 aliphatic heterocycles. The molecule has 0 unspecified atom stereocenters. The van der Waals surface area contributed by atoms with Crippen molar-refractivity contribution in [2.24, 2.45) is 0 Å². The molecule has 0 aromatic heterocycles. The van der Waals surface area contributed by atoms with E-state index in [-0.39, 0.29) is 5.91 Å². The minimum Gasteiger partial charge on any atom is -0.496 e. The van der Waals surface area contributed by atoms with E-state index in [0.29, 0.717) is 16.3 Å². The number of ether oxygens (including phenoxy) is 1. The molecule has 1 N–H and O–H groups in total. The van der Waals surface area contributed by atoms with Gasteiger partial charge in [0.1, 0.15) is 5.75 Å². The van der Waals surface area contributed by atoms with Crippen LogP contribution in [0.2, 0.25) is 5.02 Å². The van der Waals surface area contributed by atoms with Crippen molar-refractivity contribution >= 4 is 28.9 Å². The van der Waals surface area contributed by atoms with Gasteiger partial charge in [-0.05, 0) is 48.0 Å². The highest BCUT2D eigenvalue weighted by Crippen LogP contribution is 2.25. The molecule has 1 saturated heterocycles. The van der Waals surface area contributed by atoms with Crippen molar-refractivity contribution in [2.75, 3.05) is 43.5 Å². The smallest absolute Gasteiger partial charge is 0.259 e. The maximum Gasteiger partial charge on any atom is 0.259 e. The summed E-state index contributed by atoms with van der Waals surface area (Å²) in [6.45, 7) is 5.02. The molecule has 31 heavy (non-hydrogen) atoms. The Balaban J connectivity index is 1.34. The van der Waals surface area contributed by atoms with Crippen molar-refractivity contribution in [1.29, 1.82) is 0 Å². The number of rotatable bonds is 6. The molecule has 0 saturated carbocycles. The maximum atomic E-state index is 12.7. The lowest BCUT2D eigenvalue weighted by molar-refractivity contribution is 0.102. The van der Waals surface area contributed by atoms with Crippen LogP contribution in [0.3, 0.4) is 0 Å². The maximum absolute atomic E-state index is 12.7. The molecule has 0 aliphatic carbocycles. The topological polar surface area (TPSA) is 44.8 Å². The van der Waals surface area contributed by atoms with Crippen molar-refractivity contribution in [2.45, 2.75) is 6.54 Å². The van der Waals surface area contributed by atoms with Crippen LogP contribution in [0.1, 0.15) is 15.9 Å². The lowest BCUT2D eigenvalue weighted by atomic mass is 10.1. The van der Waals surface area contributed by atoms with Gasteiger partial charge >= 0.3 is 0 Å². The molecule has 0 bridgehead atoms. The molecule has 1 heterocycles. The Labute approximate surface area is 188 Å². The second kappa shape index (κ2) is 9.86. The average molecular weight is 436 g/mol. The summed E-state index contributed by atoms with van der Waals surface area (Å²) >= 11 is 6.04. The lowest BCUT2D eigenvalue weighted by Crippen LogP contribution is -2.45. The van der Waals surface area contributed by atoms with E-state index < -0.39 is 0 Å². The standard InChI is InChI=1S/C25H26ClN3O2/c1-31-24-12-7-20(26)17-23(24)25(30)27-21-8-10-22(11-9-21)29-15-13-28(14-16-29)18-19-5-3-2-4-6-19/h2-12,17H,13-16,18H2,1H3,(H,27,30). The van der Waals surface area contributed by atoms with E-state index in [4.69, 9.17) is 16.3 Å². The highest BCUT2D eigenvalue weighted by Gasteiger charge is 2.18. The molecule has 160 valence electrons. The molecule has 4 rings (SSSR count). The highest BCUT2D eigenvalue weighted by atomic mass is 35.5. The molecule has 3 aromatic rings. The zero-order valence-corrected chi connectivity index (χ0v) is 18.3. The molecule has 6 heteroatoms. The zero-order valence-electron chi connectivity index (χ0n) is 17.6. The Morgan fingerprint density at radius 1 is 0.968 bits per heavy atom. The summed E-state index contributed by atoms with van der Waals surface area (Å²) in [6, 6.07) is 23.6. The summed E-state index contributed by atoms with van der Waals surface area (Å²) in [5.41, 5.74) is 3.66. The molecule has 5 nitrogen and oxygen atoms in total. The number of hydrogen-bond donors (Lipinski definition) is 1. The summed E-state index contributed by atoms with van der Waals surface area (Å²) in [6.07, 6.45) is 0. The fourth-order valence-corrected chi connectivity index (χ4v) is 3.99. The van der Waals surface area contributed by atoms with E-state index in [1.807, 2.05) is 12.1 Å². The van der Waals surface area contributed by atoms with Crippen LogP contribution in [0.4, 0.5) is 11.4 Å². The minimum atomic E-state index is -0.248. The van der Waals surface area contributed by atoms with Crippen molar-refractivity contribution in [3.05, 3.63) is 88.9 Å². The fourth-order valence-electron chi connectivity index (χ4n) is 3.82. The number of carbonyl (C=O) groups is 1. The monoisotopic (exact) mass is 435 g/mol. The third-order valence-corrected chi connectivity index (χ3v) is 5.75. The van der Waals surface area contributed by atoms with Gasteiger partial charge in [0.05, 0.1) is 12.7 Å². The van der Waals surface area contributed by atoms with E-state index >= 15 is 0 Å². The third-order valence-electron chi connectivity index (χ3n) is 5.52. The molecule has 3 aromatic carbocycles. The summed E-state index contributed by atoms with van der Waals surface area (Å²) in [4.78, 5) is 17.5. The molecule has 1 aliphatic rings. The van der Waals surface area contributed by atoms with Gasteiger partial charge in [-0.3, -0.25) is 9.69 Å². The Bertz CT molecular complexity index is 1020. The molecular formula is C25H26ClN3O2. The molecule has 0 atom stereocenters. The van der Waals surface area contributed by atoms with Gasteiger partial charge in [-0.1, -0.05) is 41.9 Å². The molecule has 0 radical (unpaired) electrons. The van der Waals surface area contributed by atoms with Crippen molar-refractivity contribution in [3.63, 3.8) is 0 Å².